The van der Waals surface area contributed by atoms with Crippen molar-refractivity contribution in [1.29, 1.82) is 0 Å². The summed E-state index contributed by atoms with van der Waals surface area (Å²) in [6, 6.07) is 11.0. The number of allylic oxidation sites excluding steroid dienone is 3. The van der Waals surface area contributed by atoms with Gasteiger partial charge in [0.15, 0.2) is 0 Å². The van der Waals surface area contributed by atoms with Gasteiger partial charge in [-0.05, 0) is 24.1 Å². The summed E-state index contributed by atoms with van der Waals surface area (Å²) in [5.41, 5.74) is 3.84. The molecular formula is C28H45NSi2. The van der Waals surface area contributed by atoms with Crippen LogP contribution in [0.5, 0.6) is 0 Å². The van der Waals surface area contributed by atoms with E-state index in [2.05, 4.69) is 81.8 Å². The Hall–Kier alpha value is -1.46. The number of aromatic nitrogens is 1. The number of hydrogen-bond acceptors (Lipinski definition) is 1. The maximum Gasteiger partial charge on any atom is 0.114 e. The van der Waals surface area contributed by atoms with E-state index in [9.17, 15) is 0 Å². The van der Waals surface area contributed by atoms with E-state index in [4.69, 9.17) is 4.98 Å². The van der Waals surface area contributed by atoms with Crippen molar-refractivity contribution in [2.24, 2.45) is 0 Å². The predicted molar refractivity (Wildman–Crippen MR) is 147 cm³/mol. The SMILES string of the molecule is CCCCCCCCCC/C=C/C(=C\[Si](C)(C)C)[Si](C)(C)c1cccc2cccnc12. The molecule has 1 heterocycles. The Bertz CT molecular complexity index is 853. The summed E-state index contributed by atoms with van der Waals surface area (Å²) in [6.45, 7) is 14.6. The number of para-hydroxylation sites is 1. The number of rotatable bonds is 13. The molecule has 0 fully saturated rings. The van der Waals surface area contributed by atoms with Gasteiger partial charge in [-0.25, -0.2) is 0 Å². The lowest BCUT2D eigenvalue weighted by atomic mass is 10.1. The van der Waals surface area contributed by atoms with Gasteiger partial charge in [-0.3, -0.25) is 4.98 Å². The molecule has 0 saturated carbocycles. The monoisotopic (exact) mass is 451 g/mol. The maximum atomic E-state index is 4.78. The van der Waals surface area contributed by atoms with Crippen molar-refractivity contribution in [2.45, 2.75) is 97.4 Å². The van der Waals surface area contributed by atoms with Crippen molar-refractivity contribution in [3.63, 3.8) is 0 Å². The minimum absolute atomic E-state index is 1.19. The molecule has 0 amide bonds. The largest absolute Gasteiger partial charge is 0.256 e. The molecule has 170 valence electrons. The highest BCUT2D eigenvalue weighted by Gasteiger charge is 2.30. The Balaban J connectivity index is 2.08. The van der Waals surface area contributed by atoms with Crippen LogP contribution in [0.4, 0.5) is 0 Å². The topological polar surface area (TPSA) is 12.9 Å². The number of benzene rings is 1. The van der Waals surface area contributed by atoms with Crippen LogP contribution in [0.2, 0.25) is 32.7 Å². The minimum atomic E-state index is -1.83. The van der Waals surface area contributed by atoms with Crippen molar-refractivity contribution < 1.29 is 0 Å². The van der Waals surface area contributed by atoms with Crippen LogP contribution in [0.3, 0.4) is 0 Å². The molecule has 2 rings (SSSR count). The molecule has 0 spiro atoms. The zero-order valence-corrected chi connectivity index (χ0v) is 23.0. The molecule has 0 aliphatic rings. The van der Waals surface area contributed by atoms with E-state index in [0.29, 0.717) is 0 Å². The molecule has 0 N–H and O–H groups in total. The summed E-state index contributed by atoms with van der Waals surface area (Å²) in [7, 11) is -3.16. The molecule has 0 aliphatic carbocycles. The fraction of sp³-hybridized carbons (Fsp3) is 0.536. The molecule has 31 heavy (non-hydrogen) atoms. The summed E-state index contributed by atoms with van der Waals surface area (Å²) in [5, 5.41) is 4.31. The molecule has 1 aromatic carbocycles. The quantitative estimate of drug-likeness (QED) is 0.169. The Morgan fingerprint density at radius 2 is 1.48 bits per heavy atom. The van der Waals surface area contributed by atoms with Gasteiger partial charge in [0.05, 0.1) is 13.6 Å². The first kappa shape index (κ1) is 25.8. The molecule has 0 bridgehead atoms. The van der Waals surface area contributed by atoms with E-state index in [1.165, 1.54) is 73.9 Å². The molecule has 1 aromatic heterocycles. The second-order valence-corrected chi connectivity index (χ2v) is 20.0. The van der Waals surface area contributed by atoms with Gasteiger partial charge in [0, 0.05) is 11.6 Å². The Morgan fingerprint density at radius 1 is 0.839 bits per heavy atom. The Labute approximate surface area is 194 Å². The van der Waals surface area contributed by atoms with Crippen molar-refractivity contribution in [2.75, 3.05) is 0 Å². The van der Waals surface area contributed by atoms with Gasteiger partial charge in [-0.1, -0.05) is 132 Å². The fourth-order valence-corrected chi connectivity index (χ4v) is 10.2. The summed E-state index contributed by atoms with van der Waals surface area (Å²) >= 11 is 0. The van der Waals surface area contributed by atoms with Crippen LogP contribution in [-0.2, 0) is 0 Å². The third-order valence-electron chi connectivity index (χ3n) is 6.14. The highest BCUT2D eigenvalue weighted by molar-refractivity contribution is 6.99. The first-order valence-corrected chi connectivity index (χ1v) is 19.1. The third kappa shape index (κ3) is 8.53. The third-order valence-corrected chi connectivity index (χ3v) is 11.1. The number of pyridine rings is 1. The average Bonchev–Trinajstić information content (AvgIpc) is 2.73. The number of nitrogens with zero attached hydrogens (tertiary/aromatic N) is 1. The van der Waals surface area contributed by atoms with Crippen molar-refractivity contribution in [3.05, 3.63) is 59.6 Å². The molecule has 2 aromatic rings. The van der Waals surface area contributed by atoms with Crippen molar-refractivity contribution in [3.8, 4) is 0 Å². The number of fused-ring (bicyclic) bond motifs is 1. The van der Waals surface area contributed by atoms with Gasteiger partial charge in [0.25, 0.3) is 0 Å². The van der Waals surface area contributed by atoms with Gasteiger partial charge < -0.3 is 0 Å². The molecular weight excluding hydrogens is 406 g/mol. The maximum absolute atomic E-state index is 4.78. The van der Waals surface area contributed by atoms with E-state index >= 15 is 0 Å². The van der Waals surface area contributed by atoms with Gasteiger partial charge in [-0.2, -0.15) is 0 Å². The van der Waals surface area contributed by atoms with E-state index in [-0.39, 0.29) is 0 Å². The Morgan fingerprint density at radius 3 is 2.16 bits per heavy atom. The van der Waals surface area contributed by atoms with Crippen LogP contribution < -0.4 is 5.19 Å². The van der Waals surface area contributed by atoms with Crippen molar-refractivity contribution >= 4 is 32.2 Å². The molecule has 0 aliphatic heterocycles. The lowest BCUT2D eigenvalue weighted by Gasteiger charge is -2.28. The van der Waals surface area contributed by atoms with Crippen LogP contribution in [-0.4, -0.2) is 21.1 Å². The zero-order chi connectivity index (χ0) is 22.7. The van der Waals surface area contributed by atoms with Crippen LogP contribution in [0.1, 0.15) is 64.7 Å². The molecule has 0 saturated heterocycles. The van der Waals surface area contributed by atoms with Crippen LogP contribution in [0.15, 0.2) is 59.6 Å². The van der Waals surface area contributed by atoms with Crippen LogP contribution in [0, 0.1) is 0 Å². The highest BCUT2D eigenvalue weighted by Crippen LogP contribution is 2.23. The van der Waals surface area contributed by atoms with Crippen LogP contribution in [0.25, 0.3) is 10.9 Å². The molecule has 0 atom stereocenters. The molecule has 0 radical (unpaired) electrons. The number of hydrogen-bond donors (Lipinski definition) is 0. The fourth-order valence-electron chi connectivity index (χ4n) is 4.27. The van der Waals surface area contributed by atoms with E-state index in [0.717, 1.165) is 0 Å². The van der Waals surface area contributed by atoms with E-state index < -0.39 is 16.1 Å². The zero-order valence-electron chi connectivity index (χ0n) is 21.0. The van der Waals surface area contributed by atoms with E-state index in [1.54, 1.807) is 5.20 Å². The highest BCUT2D eigenvalue weighted by atomic mass is 28.3. The second-order valence-electron chi connectivity index (χ2n) is 10.6. The Kier molecular flexibility index (Phi) is 10.4. The summed E-state index contributed by atoms with van der Waals surface area (Å²) in [4.78, 5) is 4.78. The second kappa shape index (κ2) is 12.5. The minimum Gasteiger partial charge on any atom is -0.256 e. The van der Waals surface area contributed by atoms with Crippen LogP contribution >= 0.6 is 0 Å². The normalized spacial score (nSPS) is 13.4. The first-order chi connectivity index (χ1) is 14.8. The van der Waals surface area contributed by atoms with Gasteiger partial charge in [-0.15, -0.1) is 0 Å². The smallest absolute Gasteiger partial charge is 0.114 e. The molecule has 0 unspecified atom stereocenters. The van der Waals surface area contributed by atoms with Gasteiger partial charge >= 0.3 is 0 Å². The van der Waals surface area contributed by atoms with Gasteiger partial charge in [0.2, 0.25) is 0 Å². The summed E-state index contributed by atoms with van der Waals surface area (Å²) in [6.07, 6.45) is 19.2. The molecule has 1 nitrogen and oxygen atoms in total. The van der Waals surface area contributed by atoms with Crippen molar-refractivity contribution in [1.82, 2.24) is 4.98 Å². The first-order valence-electron chi connectivity index (χ1n) is 12.5. The predicted octanol–water partition coefficient (Wildman–Crippen LogP) is 8.58. The molecule has 3 heteroatoms. The lowest BCUT2D eigenvalue weighted by molar-refractivity contribution is 0.577. The number of unbranched alkanes of at least 4 members (excludes halogenated alkanes) is 8. The van der Waals surface area contributed by atoms with E-state index in [1.807, 2.05) is 12.3 Å². The standard InChI is InChI=1S/C28H45NSi2/c1-7-8-9-10-11-12-13-14-15-16-21-26(24-30(2,3)4)31(5,6)27-22-17-19-25-20-18-23-29-28(25)27/h16-24H,7-15H2,1-6H3/b21-16+,26-24+. The van der Waals surface area contributed by atoms with Gasteiger partial charge in [0.1, 0.15) is 8.07 Å². The average molecular weight is 452 g/mol. The summed E-state index contributed by atoms with van der Waals surface area (Å²) < 4.78 is 0. The lowest BCUT2D eigenvalue weighted by Crippen LogP contribution is -2.45. The summed E-state index contributed by atoms with van der Waals surface area (Å²) in [5.74, 6) is 0.